The molecule has 0 radical (unpaired) electrons. The van der Waals surface area contributed by atoms with Gasteiger partial charge in [0, 0.05) is 18.0 Å². The van der Waals surface area contributed by atoms with E-state index in [1.165, 1.54) is 24.4 Å². The molecule has 32 heavy (non-hydrogen) atoms. The number of aromatic hydroxyl groups is 1. The van der Waals surface area contributed by atoms with Crippen molar-refractivity contribution in [3.05, 3.63) is 88.7 Å². The second kappa shape index (κ2) is 8.72. The van der Waals surface area contributed by atoms with Crippen molar-refractivity contribution >= 4 is 34.7 Å². The number of aliphatic hydroxyl groups is 1. The van der Waals surface area contributed by atoms with Crippen LogP contribution < -0.4 is 9.64 Å². The minimum absolute atomic E-state index is 0.136. The largest absolute Gasteiger partial charge is 0.507 e. The summed E-state index contributed by atoms with van der Waals surface area (Å²) in [7, 11) is 0. The summed E-state index contributed by atoms with van der Waals surface area (Å²) < 4.78 is 5.48. The molecule has 0 spiro atoms. The predicted molar refractivity (Wildman–Crippen MR) is 120 cm³/mol. The van der Waals surface area contributed by atoms with Gasteiger partial charge in [0.15, 0.2) is 0 Å². The number of rotatable bonds is 5. The van der Waals surface area contributed by atoms with Crippen molar-refractivity contribution in [2.24, 2.45) is 0 Å². The lowest BCUT2D eigenvalue weighted by Crippen LogP contribution is -2.29. The molecule has 3 aromatic rings. The topological polar surface area (TPSA) is 100.0 Å². The molecular formula is C24H19ClN2O5. The highest BCUT2D eigenvalue weighted by atomic mass is 35.5. The van der Waals surface area contributed by atoms with Crippen molar-refractivity contribution in [3.63, 3.8) is 0 Å². The maximum absolute atomic E-state index is 13.1. The Bertz CT molecular complexity index is 1230. The van der Waals surface area contributed by atoms with Crippen LogP contribution in [0.15, 0.2) is 72.6 Å². The lowest BCUT2D eigenvalue weighted by Gasteiger charge is -2.25. The summed E-state index contributed by atoms with van der Waals surface area (Å²) >= 11 is 6.31. The van der Waals surface area contributed by atoms with E-state index in [9.17, 15) is 19.8 Å². The number of nitrogens with zero attached hydrogens (tertiary/aromatic N) is 2. The molecule has 1 saturated heterocycles. The van der Waals surface area contributed by atoms with Crippen molar-refractivity contribution in [1.82, 2.24) is 4.98 Å². The van der Waals surface area contributed by atoms with Gasteiger partial charge in [-0.1, -0.05) is 29.8 Å². The van der Waals surface area contributed by atoms with Gasteiger partial charge in [-0.2, -0.15) is 0 Å². The smallest absolute Gasteiger partial charge is 0.300 e. The first-order chi connectivity index (χ1) is 15.4. The Hall–Kier alpha value is -3.84. The van der Waals surface area contributed by atoms with Crippen LogP contribution in [0.4, 0.5) is 5.69 Å². The molecule has 1 fully saturated rings. The number of ether oxygens (including phenoxy) is 1. The number of pyridine rings is 1. The Morgan fingerprint density at radius 1 is 1.16 bits per heavy atom. The third kappa shape index (κ3) is 3.67. The Morgan fingerprint density at radius 2 is 1.94 bits per heavy atom. The average molecular weight is 451 g/mol. The van der Waals surface area contributed by atoms with E-state index < -0.39 is 23.5 Å². The van der Waals surface area contributed by atoms with E-state index in [1.807, 2.05) is 6.92 Å². The summed E-state index contributed by atoms with van der Waals surface area (Å²) in [5.41, 5.74) is 0.605. The quantitative estimate of drug-likeness (QED) is 0.338. The van der Waals surface area contributed by atoms with E-state index in [0.29, 0.717) is 17.9 Å². The number of carbonyl (C=O) groups excluding carboxylic acids is 2. The van der Waals surface area contributed by atoms with Crippen molar-refractivity contribution in [1.29, 1.82) is 0 Å². The molecule has 7 nitrogen and oxygen atoms in total. The number of benzene rings is 2. The van der Waals surface area contributed by atoms with E-state index in [0.717, 1.165) is 4.90 Å². The van der Waals surface area contributed by atoms with Crippen LogP contribution in [0.2, 0.25) is 5.02 Å². The maximum atomic E-state index is 13.1. The number of Topliss-reactive ketones (excluding diaryl/α,β-unsaturated/α-hetero) is 1. The zero-order chi connectivity index (χ0) is 22.8. The molecule has 1 unspecified atom stereocenters. The van der Waals surface area contributed by atoms with Crippen LogP contribution in [0.25, 0.3) is 5.76 Å². The van der Waals surface area contributed by atoms with Crippen molar-refractivity contribution < 1.29 is 24.5 Å². The van der Waals surface area contributed by atoms with Gasteiger partial charge in [-0.05, 0) is 48.9 Å². The van der Waals surface area contributed by atoms with E-state index in [2.05, 4.69) is 4.98 Å². The van der Waals surface area contributed by atoms with Gasteiger partial charge in [0.25, 0.3) is 11.7 Å². The molecule has 2 aromatic carbocycles. The number of amides is 1. The highest BCUT2D eigenvalue weighted by Crippen LogP contribution is 2.45. The number of hydrogen-bond acceptors (Lipinski definition) is 6. The number of ketones is 1. The Balaban J connectivity index is 1.96. The Labute approximate surface area is 189 Å². The molecule has 162 valence electrons. The summed E-state index contributed by atoms with van der Waals surface area (Å²) in [6.07, 6.45) is 3.05. The van der Waals surface area contributed by atoms with Crippen LogP contribution in [0, 0.1) is 0 Å². The summed E-state index contributed by atoms with van der Waals surface area (Å²) in [4.78, 5) is 31.5. The van der Waals surface area contributed by atoms with Gasteiger partial charge >= 0.3 is 0 Å². The molecule has 0 bridgehead atoms. The van der Waals surface area contributed by atoms with Gasteiger partial charge < -0.3 is 14.9 Å². The number of phenolic OH excluding ortho intramolecular Hbond substituents is 1. The number of anilines is 1. The molecule has 1 aromatic heterocycles. The second-order valence-corrected chi connectivity index (χ2v) is 7.43. The monoisotopic (exact) mass is 450 g/mol. The number of aromatic nitrogens is 1. The number of hydrogen-bond donors (Lipinski definition) is 2. The SMILES string of the molecule is CCOc1ccc(Cl)c(/C(O)=C2\C(=O)C(=O)N(c3ccccc3O)C2c2cccnc2)c1. The lowest BCUT2D eigenvalue weighted by atomic mass is 9.96. The summed E-state index contributed by atoms with van der Waals surface area (Å²) in [6, 6.07) is 13.2. The highest BCUT2D eigenvalue weighted by molar-refractivity contribution is 6.52. The van der Waals surface area contributed by atoms with Crippen LogP contribution in [0.5, 0.6) is 11.5 Å². The van der Waals surface area contributed by atoms with Gasteiger partial charge in [0.1, 0.15) is 17.3 Å². The van der Waals surface area contributed by atoms with Crippen molar-refractivity contribution in [3.8, 4) is 11.5 Å². The third-order valence-electron chi connectivity index (χ3n) is 5.09. The maximum Gasteiger partial charge on any atom is 0.300 e. The standard InChI is InChI=1S/C24H19ClN2O5/c1-2-32-15-9-10-17(25)16(12-15)22(29)20-21(14-6-5-11-26-13-14)27(24(31)23(20)30)18-7-3-4-8-19(18)28/h3-13,21,28-29H,2H2,1H3/b22-20+. The molecule has 0 aliphatic carbocycles. The van der Waals surface area contributed by atoms with Crippen LogP contribution in [-0.4, -0.2) is 33.5 Å². The predicted octanol–water partition coefficient (Wildman–Crippen LogP) is 4.47. The van der Waals surface area contributed by atoms with Gasteiger partial charge in [-0.15, -0.1) is 0 Å². The van der Waals surface area contributed by atoms with Gasteiger partial charge in [0.2, 0.25) is 0 Å². The molecule has 2 N–H and O–H groups in total. The molecule has 2 heterocycles. The molecule has 4 rings (SSSR count). The first-order valence-electron chi connectivity index (χ1n) is 9.85. The van der Waals surface area contributed by atoms with Crippen molar-refractivity contribution in [2.45, 2.75) is 13.0 Å². The number of aliphatic hydroxyl groups excluding tert-OH is 1. The van der Waals surface area contributed by atoms with E-state index >= 15 is 0 Å². The van der Waals surface area contributed by atoms with Crippen LogP contribution in [0.1, 0.15) is 24.1 Å². The van der Waals surface area contributed by atoms with E-state index in [1.54, 1.807) is 42.6 Å². The molecular weight excluding hydrogens is 432 g/mol. The van der Waals surface area contributed by atoms with E-state index in [4.69, 9.17) is 16.3 Å². The number of phenols is 1. The minimum atomic E-state index is -1.02. The van der Waals surface area contributed by atoms with E-state index in [-0.39, 0.29) is 27.6 Å². The number of para-hydroxylation sites is 2. The molecule has 1 amide bonds. The number of halogens is 1. The van der Waals surface area contributed by atoms with Crippen LogP contribution in [-0.2, 0) is 9.59 Å². The molecule has 1 aliphatic heterocycles. The summed E-state index contributed by atoms with van der Waals surface area (Å²) in [6.45, 7) is 2.21. The van der Waals surface area contributed by atoms with Crippen LogP contribution in [0.3, 0.4) is 0 Å². The minimum Gasteiger partial charge on any atom is -0.507 e. The zero-order valence-electron chi connectivity index (χ0n) is 17.0. The first kappa shape index (κ1) is 21.4. The molecule has 1 aliphatic rings. The normalized spacial score (nSPS) is 17.6. The van der Waals surface area contributed by atoms with Crippen molar-refractivity contribution in [2.75, 3.05) is 11.5 Å². The molecule has 0 saturated carbocycles. The third-order valence-corrected chi connectivity index (χ3v) is 5.42. The highest BCUT2D eigenvalue weighted by Gasteiger charge is 2.48. The van der Waals surface area contributed by atoms with Gasteiger partial charge in [0.05, 0.1) is 28.9 Å². The van der Waals surface area contributed by atoms with Gasteiger partial charge in [-0.3, -0.25) is 19.5 Å². The Kier molecular flexibility index (Phi) is 5.83. The summed E-state index contributed by atoms with van der Waals surface area (Å²) in [5, 5.41) is 21.8. The first-order valence-corrected chi connectivity index (χ1v) is 10.2. The second-order valence-electron chi connectivity index (χ2n) is 7.02. The average Bonchev–Trinajstić information content (AvgIpc) is 3.06. The van der Waals surface area contributed by atoms with Crippen LogP contribution >= 0.6 is 11.6 Å². The fourth-order valence-corrected chi connectivity index (χ4v) is 3.90. The fraction of sp³-hybridized carbons (Fsp3) is 0.125. The zero-order valence-corrected chi connectivity index (χ0v) is 17.8. The molecule has 1 atom stereocenters. The van der Waals surface area contributed by atoms with Gasteiger partial charge in [-0.25, -0.2) is 0 Å². The Morgan fingerprint density at radius 3 is 2.62 bits per heavy atom. The summed E-state index contributed by atoms with van der Waals surface area (Å²) in [5.74, 6) is -1.97. The fourth-order valence-electron chi connectivity index (χ4n) is 3.69. The number of carbonyl (C=O) groups is 2. The molecule has 8 heteroatoms. The lowest BCUT2D eigenvalue weighted by molar-refractivity contribution is -0.132.